The van der Waals surface area contributed by atoms with E-state index in [9.17, 15) is 0 Å². The molecule has 2 rings (SSSR count). The van der Waals surface area contributed by atoms with Crippen LogP contribution in [0.4, 0.5) is 5.69 Å². The molecular formula is C17H28N2O. The first kappa shape index (κ1) is 15.3. The van der Waals surface area contributed by atoms with Crippen molar-refractivity contribution in [1.29, 1.82) is 0 Å². The number of anilines is 1. The molecule has 3 heteroatoms. The molecule has 1 N–H and O–H groups in total. The molecule has 1 heterocycles. The van der Waals surface area contributed by atoms with Gasteiger partial charge in [-0.3, -0.25) is 4.90 Å². The van der Waals surface area contributed by atoms with Gasteiger partial charge in [0, 0.05) is 38.5 Å². The fourth-order valence-electron chi connectivity index (χ4n) is 2.97. The zero-order valence-electron chi connectivity index (χ0n) is 13.1. The Labute approximate surface area is 123 Å². The lowest BCUT2D eigenvalue weighted by molar-refractivity contribution is 0.110. The highest BCUT2D eigenvalue weighted by Crippen LogP contribution is 2.23. The van der Waals surface area contributed by atoms with Crippen molar-refractivity contribution < 1.29 is 4.74 Å². The first-order valence-corrected chi connectivity index (χ1v) is 7.75. The van der Waals surface area contributed by atoms with Gasteiger partial charge in [-0.2, -0.15) is 0 Å². The highest BCUT2D eigenvalue weighted by Gasteiger charge is 2.22. The molecule has 0 spiro atoms. The van der Waals surface area contributed by atoms with Crippen LogP contribution in [0.3, 0.4) is 0 Å². The van der Waals surface area contributed by atoms with Crippen LogP contribution in [-0.2, 0) is 11.2 Å². The minimum absolute atomic E-state index is 0.597. The summed E-state index contributed by atoms with van der Waals surface area (Å²) >= 11 is 0. The largest absolute Gasteiger partial charge is 0.383 e. The number of aryl methyl sites for hydroxylation is 1. The van der Waals surface area contributed by atoms with E-state index in [4.69, 9.17) is 4.74 Å². The van der Waals surface area contributed by atoms with E-state index in [1.807, 2.05) is 0 Å². The topological polar surface area (TPSA) is 24.5 Å². The zero-order chi connectivity index (χ0) is 14.4. The van der Waals surface area contributed by atoms with Crippen molar-refractivity contribution in [3.8, 4) is 0 Å². The van der Waals surface area contributed by atoms with Gasteiger partial charge in [0.2, 0.25) is 0 Å². The molecule has 0 amide bonds. The third-order valence-corrected chi connectivity index (χ3v) is 3.99. The van der Waals surface area contributed by atoms with E-state index in [-0.39, 0.29) is 0 Å². The van der Waals surface area contributed by atoms with Crippen LogP contribution < -0.4 is 5.32 Å². The summed E-state index contributed by atoms with van der Waals surface area (Å²) in [5, 5.41) is 3.62. The molecule has 3 nitrogen and oxygen atoms in total. The van der Waals surface area contributed by atoms with Gasteiger partial charge in [-0.15, -0.1) is 0 Å². The molecule has 1 aromatic carbocycles. The summed E-state index contributed by atoms with van der Waals surface area (Å²) in [5.74, 6) is 0.692. The molecule has 0 saturated heterocycles. The molecule has 0 bridgehead atoms. The van der Waals surface area contributed by atoms with Gasteiger partial charge in [-0.1, -0.05) is 32.0 Å². The highest BCUT2D eigenvalue weighted by atomic mass is 16.5. The predicted molar refractivity (Wildman–Crippen MR) is 85.3 cm³/mol. The Morgan fingerprint density at radius 2 is 2.15 bits per heavy atom. The van der Waals surface area contributed by atoms with Gasteiger partial charge < -0.3 is 10.1 Å². The van der Waals surface area contributed by atoms with Crippen molar-refractivity contribution in [3.05, 3.63) is 29.8 Å². The molecule has 0 radical (unpaired) electrons. The zero-order valence-corrected chi connectivity index (χ0v) is 13.1. The maximum Gasteiger partial charge on any atom is 0.0589 e. The average molecular weight is 276 g/mol. The van der Waals surface area contributed by atoms with Gasteiger partial charge in [0.25, 0.3) is 0 Å². The lowest BCUT2D eigenvalue weighted by atomic mass is 10.0. The minimum atomic E-state index is 0.597. The van der Waals surface area contributed by atoms with Crippen LogP contribution >= 0.6 is 0 Å². The molecule has 1 aliphatic rings. The number of benzene rings is 1. The summed E-state index contributed by atoms with van der Waals surface area (Å²) in [6, 6.07) is 9.28. The van der Waals surface area contributed by atoms with Crippen LogP contribution in [0.1, 0.15) is 25.8 Å². The number of hydrogen-bond donors (Lipinski definition) is 1. The second kappa shape index (κ2) is 7.65. The van der Waals surface area contributed by atoms with Crippen molar-refractivity contribution in [2.24, 2.45) is 5.92 Å². The number of rotatable bonds is 6. The molecule has 0 aromatic heterocycles. The molecule has 112 valence electrons. The summed E-state index contributed by atoms with van der Waals surface area (Å²) in [6.07, 6.45) is 2.38. The van der Waals surface area contributed by atoms with E-state index >= 15 is 0 Å². The smallest absolute Gasteiger partial charge is 0.0589 e. The fraction of sp³-hybridized carbons (Fsp3) is 0.647. The Kier molecular flexibility index (Phi) is 5.86. The Bertz CT molecular complexity index is 379. The molecule has 0 aliphatic carbocycles. The summed E-state index contributed by atoms with van der Waals surface area (Å²) in [4.78, 5) is 2.59. The standard InChI is InChI=1S/C17H28N2O/c1-14(2)13-19(10-11-20-3)16-9-8-15-6-4-5-7-17(15)18-12-16/h4-7,14,16,18H,8-13H2,1-3H3. The first-order valence-electron chi connectivity index (χ1n) is 7.75. The van der Waals surface area contributed by atoms with Crippen LogP contribution in [0, 0.1) is 5.92 Å². The average Bonchev–Trinajstić information content (AvgIpc) is 2.65. The van der Waals surface area contributed by atoms with Gasteiger partial charge in [-0.25, -0.2) is 0 Å². The molecule has 20 heavy (non-hydrogen) atoms. The van der Waals surface area contributed by atoms with Crippen LogP contribution in [0.15, 0.2) is 24.3 Å². The van der Waals surface area contributed by atoms with E-state index in [0.29, 0.717) is 12.0 Å². The molecule has 1 aliphatic heterocycles. The van der Waals surface area contributed by atoms with Crippen molar-refractivity contribution in [3.63, 3.8) is 0 Å². The highest BCUT2D eigenvalue weighted by molar-refractivity contribution is 5.52. The third kappa shape index (κ3) is 4.22. The third-order valence-electron chi connectivity index (χ3n) is 3.99. The second-order valence-electron chi connectivity index (χ2n) is 6.11. The van der Waals surface area contributed by atoms with Gasteiger partial charge in [-0.05, 0) is 30.4 Å². The number of nitrogens with zero attached hydrogens (tertiary/aromatic N) is 1. The van der Waals surface area contributed by atoms with E-state index < -0.39 is 0 Å². The maximum atomic E-state index is 5.28. The maximum absolute atomic E-state index is 5.28. The second-order valence-corrected chi connectivity index (χ2v) is 6.11. The van der Waals surface area contributed by atoms with E-state index in [1.54, 1.807) is 7.11 Å². The Morgan fingerprint density at radius 3 is 2.90 bits per heavy atom. The van der Waals surface area contributed by atoms with E-state index in [0.717, 1.165) is 32.7 Å². The summed E-state index contributed by atoms with van der Waals surface area (Å²) < 4.78 is 5.28. The number of nitrogens with one attached hydrogen (secondary N) is 1. The van der Waals surface area contributed by atoms with Gasteiger partial charge in [0.1, 0.15) is 0 Å². The number of methoxy groups -OCH3 is 1. The number of hydrogen-bond acceptors (Lipinski definition) is 3. The van der Waals surface area contributed by atoms with Gasteiger partial charge >= 0.3 is 0 Å². The minimum Gasteiger partial charge on any atom is -0.383 e. The lowest BCUT2D eigenvalue weighted by Gasteiger charge is -2.32. The summed E-state index contributed by atoms with van der Waals surface area (Å²) in [6.45, 7) is 8.60. The van der Waals surface area contributed by atoms with Gasteiger partial charge in [0.05, 0.1) is 6.61 Å². The van der Waals surface area contributed by atoms with Crippen molar-refractivity contribution >= 4 is 5.69 Å². The number of fused-ring (bicyclic) bond motifs is 1. The Hall–Kier alpha value is -1.06. The Morgan fingerprint density at radius 1 is 1.35 bits per heavy atom. The summed E-state index contributed by atoms with van der Waals surface area (Å²) in [5.41, 5.74) is 2.76. The Balaban J connectivity index is 2.00. The molecule has 0 saturated carbocycles. The van der Waals surface area contributed by atoms with Gasteiger partial charge in [0.15, 0.2) is 0 Å². The lowest BCUT2D eigenvalue weighted by Crippen LogP contribution is -2.43. The first-order chi connectivity index (χ1) is 9.70. The van der Waals surface area contributed by atoms with Crippen molar-refractivity contribution in [2.45, 2.75) is 32.7 Å². The predicted octanol–water partition coefficient (Wildman–Crippen LogP) is 3.02. The summed E-state index contributed by atoms with van der Waals surface area (Å²) in [7, 11) is 1.79. The van der Waals surface area contributed by atoms with Crippen LogP contribution in [0.25, 0.3) is 0 Å². The number of para-hydroxylation sites is 1. The van der Waals surface area contributed by atoms with E-state index in [2.05, 4.69) is 48.3 Å². The molecule has 1 aromatic rings. The molecule has 0 fully saturated rings. The van der Waals surface area contributed by atoms with Crippen LogP contribution in [0.5, 0.6) is 0 Å². The number of ether oxygens (including phenoxy) is 1. The molecular weight excluding hydrogens is 248 g/mol. The van der Waals surface area contributed by atoms with E-state index in [1.165, 1.54) is 17.7 Å². The van der Waals surface area contributed by atoms with Crippen molar-refractivity contribution in [1.82, 2.24) is 4.90 Å². The monoisotopic (exact) mass is 276 g/mol. The van der Waals surface area contributed by atoms with Crippen molar-refractivity contribution in [2.75, 3.05) is 38.7 Å². The molecule has 1 atom stereocenters. The quantitative estimate of drug-likeness (QED) is 0.864. The fourth-order valence-corrected chi connectivity index (χ4v) is 2.97. The molecule has 1 unspecified atom stereocenters. The van der Waals surface area contributed by atoms with Crippen LogP contribution in [0.2, 0.25) is 0 Å². The normalized spacial score (nSPS) is 18.8. The SMILES string of the molecule is COCCN(CC(C)C)C1CCc2ccccc2NC1. The van der Waals surface area contributed by atoms with Crippen LogP contribution in [-0.4, -0.2) is 44.3 Å².